The molecule has 282 valence electrons. The minimum absolute atomic E-state index is 0.107. The number of amides is 4. The molecule has 9 rings (SSSR count). The van der Waals surface area contributed by atoms with E-state index in [1.807, 2.05) is 92.4 Å². The van der Waals surface area contributed by atoms with E-state index in [2.05, 4.69) is 38.1 Å². The molecule has 56 heavy (non-hydrogen) atoms. The third kappa shape index (κ3) is 5.90. The summed E-state index contributed by atoms with van der Waals surface area (Å²) in [5.41, 5.74) is 13.1. The average molecular weight is 743 g/mol. The molecule has 4 aliphatic heterocycles. The summed E-state index contributed by atoms with van der Waals surface area (Å²) in [6, 6.07) is 32.8. The van der Waals surface area contributed by atoms with E-state index in [4.69, 9.17) is 0 Å². The lowest BCUT2D eigenvalue weighted by Crippen LogP contribution is -2.25. The molecule has 4 saturated heterocycles. The molecule has 8 nitrogen and oxygen atoms in total. The number of nitrogens with zero attached hydrogens (tertiary/aromatic N) is 4. The second-order valence-corrected chi connectivity index (χ2v) is 15.4. The third-order valence-electron chi connectivity index (χ3n) is 12.2. The van der Waals surface area contributed by atoms with Gasteiger partial charge >= 0.3 is 0 Å². The molecule has 0 aliphatic carbocycles. The maximum Gasteiger partial charge on any atom is 0.227 e. The molecule has 0 bridgehead atoms. The van der Waals surface area contributed by atoms with Crippen LogP contribution in [0.4, 0.5) is 22.7 Å². The van der Waals surface area contributed by atoms with Crippen LogP contribution in [0, 0.1) is 13.8 Å². The number of anilines is 4. The first-order valence-corrected chi connectivity index (χ1v) is 20.1. The van der Waals surface area contributed by atoms with Crippen molar-refractivity contribution in [1.29, 1.82) is 0 Å². The molecule has 0 saturated carbocycles. The molecule has 0 radical (unpaired) electrons. The minimum atomic E-state index is 0.107. The van der Waals surface area contributed by atoms with Gasteiger partial charge in [0.15, 0.2) is 0 Å². The Morgan fingerprint density at radius 1 is 0.339 bits per heavy atom. The highest BCUT2D eigenvalue weighted by Gasteiger charge is 2.34. The second-order valence-electron chi connectivity index (χ2n) is 15.4. The molecule has 5 aromatic rings. The van der Waals surface area contributed by atoms with E-state index >= 15 is 0 Å². The molecule has 0 unspecified atom stereocenters. The zero-order valence-corrected chi connectivity index (χ0v) is 32.1. The smallest absolute Gasteiger partial charge is 0.227 e. The zero-order chi connectivity index (χ0) is 38.5. The number of rotatable bonds is 8. The number of benzene rings is 5. The van der Waals surface area contributed by atoms with E-state index in [9.17, 15) is 19.2 Å². The Morgan fingerprint density at radius 3 is 0.750 bits per heavy atom. The summed E-state index contributed by atoms with van der Waals surface area (Å²) in [6.45, 7) is 6.90. The average Bonchev–Trinajstić information content (AvgIpc) is 4.05. The van der Waals surface area contributed by atoms with Gasteiger partial charge in [-0.3, -0.25) is 19.2 Å². The van der Waals surface area contributed by atoms with Crippen molar-refractivity contribution in [2.75, 3.05) is 45.8 Å². The summed E-state index contributed by atoms with van der Waals surface area (Å²) in [4.78, 5) is 61.6. The third-order valence-corrected chi connectivity index (χ3v) is 12.2. The molecular formula is C48H46N4O4. The number of carbonyl (C=O) groups excluding carboxylic acids is 4. The lowest BCUT2D eigenvalue weighted by atomic mass is 9.77. The van der Waals surface area contributed by atoms with Gasteiger partial charge in [-0.1, -0.05) is 72.8 Å². The van der Waals surface area contributed by atoms with Crippen LogP contribution in [-0.4, -0.2) is 49.8 Å². The lowest BCUT2D eigenvalue weighted by Gasteiger charge is -2.31. The normalized spacial score (nSPS) is 17.3. The van der Waals surface area contributed by atoms with Gasteiger partial charge in [0.2, 0.25) is 23.6 Å². The van der Waals surface area contributed by atoms with E-state index in [-0.39, 0.29) is 23.6 Å². The predicted octanol–water partition coefficient (Wildman–Crippen LogP) is 9.48. The molecule has 0 atom stereocenters. The number of carbonyl (C=O) groups is 4. The Morgan fingerprint density at radius 2 is 0.554 bits per heavy atom. The fourth-order valence-corrected chi connectivity index (χ4v) is 9.64. The highest BCUT2D eigenvalue weighted by atomic mass is 16.2. The van der Waals surface area contributed by atoms with E-state index in [1.54, 1.807) is 0 Å². The maximum absolute atomic E-state index is 13.5. The molecule has 4 aliphatic rings. The van der Waals surface area contributed by atoms with Crippen LogP contribution < -0.4 is 19.6 Å². The number of para-hydroxylation sites is 4. The largest absolute Gasteiger partial charge is 0.312 e. The highest BCUT2D eigenvalue weighted by Crippen LogP contribution is 2.54. The van der Waals surface area contributed by atoms with E-state index in [1.165, 1.54) is 0 Å². The molecule has 8 heteroatoms. The minimum Gasteiger partial charge on any atom is -0.312 e. The maximum atomic E-state index is 13.5. The van der Waals surface area contributed by atoms with Gasteiger partial charge in [-0.2, -0.15) is 0 Å². The van der Waals surface area contributed by atoms with Crippen LogP contribution in [0.1, 0.15) is 62.5 Å². The van der Waals surface area contributed by atoms with Crippen LogP contribution in [0.5, 0.6) is 0 Å². The first-order chi connectivity index (χ1) is 27.3. The van der Waals surface area contributed by atoms with Gasteiger partial charge in [-0.25, -0.2) is 0 Å². The molecule has 0 N–H and O–H groups in total. The van der Waals surface area contributed by atoms with Crippen molar-refractivity contribution < 1.29 is 19.2 Å². The Balaban J connectivity index is 1.45. The van der Waals surface area contributed by atoms with Gasteiger partial charge in [0.25, 0.3) is 0 Å². The van der Waals surface area contributed by atoms with Crippen LogP contribution >= 0.6 is 0 Å². The van der Waals surface area contributed by atoms with Gasteiger partial charge in [-0.15, -0.1) is 0 Å². The standard InChI is InChI=1S/C48H46N4O4/c1-31-45(33-15-3-7-19-37(33)49-27-11-23-41(49)53)47(35-17-5-9-21-39(35)51-29-13-25-43(51)55)32(2)48(36-18-6-10-22-40(36)52-30-14-26-44(52)56)46(31)34-16-4-8-20-38(34)50-28-12-24-42(50)54/h3-10,15-22H,11-14,23-30H2,1-2H3. The summed E-state index contributed by atoms with van der Waals surface area (Å²) >= 11 is 0. The Bertz CT molecular complexity index is 2100. The first kappa shape index (κ1) is 35.7. The molecule has 0 spiro atoms. The van der Waals surface area contributed by atoms with Crippen molar-refractivity contribution >= 4 is 46.4 Å². The monoisotopic (exact) mass is 742 g/mol. The Kier molecular flexibility index (Phi) is 9.28. The Labute approximate surface area is 328 Å². The van der Waals surface area contributed by atoms with Crippen LogP contribution in [0.3, 0.4) is 0 Å². The zero-order valence-electron chi connectivity index (χ0n) is 32.1. The molecule has 4 heterocycles. The number of hydrogen-bond acceptors (Lipinski definition) is 4. The van der Waals surface area contributed by atoms with E-state index in [0.29, 0.717) is 51.9 Å². The molecule has 5 aromatic carbocycles. The van der Waals surface area contributed by atoms with Crippen LogP contribution in [0.2, 0.25) is 0 Å². The summed E-state index contributed by atoms with van der Waals surface area (Å²) in [5, 5.41) is 0. The van der Waals surface area contributed by atoms with Gasteiger partial charge in [0.05, 0.1) is 22.7 Å². The van der Waals surface area contributed by atoms with Gasteiger partial charge in [0, 0.05) is 74.1 Å². The summed E-state index contributed by atoms with van der Waals surface area (Å²) in [7, 11) is 0. The molecule has 0 aromatic heterocycles. The highest BCUT2D eigenvalue weighted by molar-refractivity contribution is 6.12. The topological polar surface area (TPSA) is 81.2 Å². The van der Waals surface area contributed by atoms with Crippen LogP contribution in [0.15, 0.2) is 97.1 Å². The molecule has 4 fully saturated rings. The van der Waals surface area contributed by atoms with Crippen LogP contribution in [0.25, 0.3) is 44.5 Å². The summed E-state index contributed by atoms with van der Waals surface area (Å²) in [6.07, 6.45) is 5.21. The van der Waals surface area contributed by atoms with E-state index < -0.39 is 0 Å². The van der Waals surface area contributed by atoms with Crippen molar-refractivity contribution in [2.45, 2.75) is 65.2 Å². The summed E-state index contributed by atoms with van der Waals surface area (Å²) < 4.78 is 0. The molecular weight excluding hydrogens is 697 g/mol. The predicted molar refractivity (Wildman–Crippen MR) is 224 cm³/mol. The van der Waals surface area contributed by atoms with Crippen molar-refractivity contribution in [1.82, 2.24) is 0 Å². The summed E-state index contributed by atoms with van der Waals surface area (Å²) in [5.74, 6) is 0.427. The lowest BCUT2D eigenvalue weighted by molar-refractivity contribution is -0.117. The SMILES string of the molecule is Cc1c(-c2ccccc2N2CCCC2=O)c(-c2ccccc2N2CCCC2=O)c(C)c(-c2ccccc2N2CCCC2=O)c1-c1ccccc1N1CCCC1=O. The van der Waals surface area contributed by atoms with Crippen molar-refractivity contribution in [3.63, 3.8) is 0 Å². The van der Waals surface area contributed by atoms with Gasteiger partial charge in [-0.05, 0) is 97.2 Å². The second kappa shape index (κ2) is 14.6. The van der Waals surface area contributed by atoms with Gasteiger partial charge in [0.1, 0.15) is 0 Å². The first-order valence-electron chi connectivity index (χ1n) is 20.1. The van der Waals surface area contributed by atoms with Crippen molar-refractivity contribution in [3.05, 3.63) is 108 Å². The Hall–Kier alpha value is -6.02. The van der Waals surface area contributed by atoms with Crippen molar-refractivity contribution in [2.24, 2.45) is 0 Å². The van der Waals surface area contributed by atoms with Crippen LogP contribution in [-0.2, 0) is 19.2 Å². The van der Waals surface area contributed by atoms with E-state index in [0.717, 1.165) is 104 Å². The molecule has 4 amide bonds. The fourth-order valence-electron chi connectivity index (χ4n) is 9.64. The fraction of sp³-hybridized carbons (Fsp3) is 0.292. The number of hydrogen-bond donors (Lipinski definition) is 0. The quantitative estimate of drug-likeness (QED) is 0.159. The van der Waals surface area contributed by atoms with Gasteiger partial charge < -0.3 is 19.6 Å². The van der Waals surface area contributed by atoms with Crippen molar-refractivity contribution in [3.8, 4) is 44.5 Å².